The molecule has 2 atom stereocenters. The second-order valence-electron chi connectivity index (χ2n) is 4.50. The first-order valence-electron chi connectivity index (χ1n) is 5.58. The van der Waals surface area contributed by atoms with Crippen LogP contribution in [0.4, 0.5) is 0 Å². The van der Waals surface area contributed by atoms with Crippen LogP contribution >= 0.6 is 0 Å². The third kappa shape index (κ3) is 1.82. The Morgan fingerprint density at radius 3 is 3.00 bits per heavy atom. The number of carbonyl (C=O) groups is 1. The van der Waals surface area contributed by atoms with Crippen LogP contribution in [0.25, 0.3) is 0 Å². The molecule has 5 nitrogen and oxygen atoms in total. The van der Waals surface area contributed by atoms with Crippen LogP contribution in [-0.4, -0.2) is 33.9 Å². The van der Waals surface area contributed by atoms with E-state index in [1.54, 1.807) is 6.20 Å². The second-order valence-corrected chi connectivity index (χ2v) is 4.50. The Hall–Kier alpha value is -1.36. The van der Waals surface area contributed by atoms with Crippen LogP contribution in [0.15, 0.2) is 12.3 Å². The first-order valence-corrected chi connectivity index (χ1v) is 5.58. The van der Waals surface area contributed by atoms with Crippen molar-refractivity contribution >= 4 is 5.97 Å². The van der Waals surface area contributed by atoms with E-state index in [0.717, 1.165) is 12.2 Å². The maximum absolute atomic E-state index is 11.1. The SMILES string of the molecule is CC(C)n1nccc1C1CNCC1C(=O)O. The highest BCUT2D eigenvalue weighted by Crippen LogP contribution is 2.29. The summed E-state index contributed by atoms with van der Waals surface area (Å²) in [5.74, 6) is -1.04. The van der Waals surface area contributed by atoms with E-state index >= 15 is 0 Å². The van der Waals surface area contributed by atoms with Crippen molar-refractivity contribution < 1.29 is 9.90 Å². The average molecular weight is 223 g/mol. The van der Waals surface area contributed by atoms with Crippen LogP contribution in [0.2, 0.25) is 0 Å². The van der Waals surface area contributed by atoms with Gasteiger partial charge in [0, 0.05) is 36.9 Å². The number of nitrogens with zero attached hydrogens (tertiary/aromatic N) is 2. The third-order valence-electron chi connectivity index (χ3n) is 3.10. The fraction of sp³-hybridized carbons (Fsp3) is 0.636. The van der Waals surface area contributed by atoms with Gasteiger partial charge >= 0.3 is 5.97 Å². The minimum atomic E-state index is -0.730. The normalized spacial score (nSPS) is 25.2. The van der Waals surface area contributed by atoms with Crippen LogP contribution in [0.1, 0.15) is 31.5 Å². The fourth-order valence-electron chi connectivity index (χ4n) is 2.30. The monoisotopic (exact) mass is 223 g/mol. The Bertz CT molecular complexity index is 386. The van der Waals surface area contributed by atoms with E-state index < -0.39 is 5.97 Å². The van der Waals surface area contributed by atoms with E-state index in [1.165, 1.54) is 0 Å². The van der Waals surface area contributed by atoms with E-state index in [9.17, 15) is 4.79 Å². The molecule has 0 spiro atoms. The van der Waals surface area contributed by atoms with Crippen molar-refractivity contribution in [2.24, 2.45) is 5.92 Å². The van der Waals surface area contributed by atoms with E-state index in [2.05, 4.69) is 24.3 Å². The van der Waals surface area contributed by atoms with Gasteiger partial charge in [-0.15, -0.1) is 0 Å². The first-order chi connectivity index (χ1) is 7.61. The standard InChI is InChI=1S/C11H17N3O2/c1-7(2)14-10(3-4-13-14)8-5-12-6-9(8)11(15)16/h3-4,7-9,12H,5-6H2,1-2H3,(H,15,16). The Labute approximate surface area is 94.5 Å². The number of nitrogens with one attached hydrogen (secondary N) is 1. The van der Waals surface area contributed by atoms with Gasteiger partial charge in [-0.25, -0.2) is 0 Å². The Morgan fingerprint density at radius 1 is 1.62 bits per heavy atom. The van der Waals surface area contributed by atoms with Gasteiger partial charge in [0.05, 0.1) is 5.92 Å². The molecular formula is C11H17N3O2. The van der Waals surface area contributed by atoms with Gasteiger partial charge in [0.2, 0.25) is 0 Å². The number of hydrogen-bond acceptors (Lipinski definition) is 3. The Kier molecular flexibility index (Phi) is 2.96. The van der Waals surface area contributed by atoms with Crippen LogP contribution in [-0.2, 0) is 4.79 Å². The largest absolute Gasteiger partial charge is 0.481 e. The molecule has 1 fully saturated rings. The Balaban J connectivity index is 2.29. The lowest BCUT2D eigenvalue weighted by atomic mass is 9.93. The lowest BCUT2D eigenvalue weighted by molar-refractivity contribution is -0.141. The van der Waals surface area contributed by atoms with Crippen LogP contribution in [0.3, 0.4) is 0 Å². The zero-order valence-corrected chi connectivity index (χ0v) is 9.55. The van der Waals surface area contributed by atoms with E-state index in [1.807, 2.05) is 10.7 Å². The molecule has 0 aliphatic carbocycles. The first kappa shape index (κ1) is 11.1. The Morgan fingerprint density at radius 2 is 2.38 bits per heavy atom. The molecule has 2 unspecified atom stereocenters. The van der Waals surface area contributed by atoms with Crippen molar-refractivity contribution in [1.82, 2.24) is 15.1 Å². The molecule has 0 bridgehead atoms. The second kappa shape index (κ2) is 4.25. The molecule has 0 saturated carbocycles. The fourth-order valence-corrected chi connectivity index (χ4v) is 2.30. The van der Waals surface area contributed by atoms with Crippen molar-refractivity contribution in [3.63, 3.8) is 0 Å². The molecule has 1 aromatic rings. The molecule has 0 radical (unpaired) electrons. The van der Waals surface area contributed by atoms with Crippen molar-refractivity contribution in [2.75, 3.05) is 13.1 Å². The van der Waals surface area contributed by atoms with Gasteiger partial charge in [-0.3, -0.25) is 9.48 Å². The summed E-state index contributed by atoms with van der Waals surface area (Å²) in [5.41, 5.74) is 1.02. The maximum atomic E-state index is 11.1. The molecule has 2 rings (SSSR count). The molecule has 1 aliphatic rings. The summed E-state index contributed by atoms with van der Waals surface area (Å²) in [7, 11) is 0. The van der Waals surface area contributed by atoms with Gasteiger partial charge in [0.15, 0.2) is 0 Å². The van der Waals surface area contributed by atoms with E-state index in [-0.39, 0.29) is 17.9 Å². The average Bonchev–Trinajstić information content (AvgIpc) is 2.85. The van der Waals surface area contributed by atoms with Gasteiger partial charge < -0.3 is 10.4 Å². The van der Waals surface area contributed by atoms with Gasteiger partial charge in [-0.05, 0) is 19.9 Å². The summed E-state index contributed by atoms with van der Waals surface area (Å²) >= 11 is 0. The molecule has 1 aliphatic heterocycles. The summed E-state index contributed by atoms with van der Waals surface area (Å²) < 4.78 is 1.91. The van der Waals surface area contributed by atoms with Gasteiger partial charge in [-0.2, -0.15) is 5.10 Å². The third-order valence-corrected chi connectivity index (χ3v) is 3.10. The molecular weight excluding hydrogens is 206 g/mol. The molecule has 0 aromatic carbocycles. The number of carboxylic acids is 1. The molecule has 0 amide bonds. The van der Waals surface area contributed by atoms with Crippen molar-refractivity contribution in [3.8, 4) is 0 Å². The number of carboxylic acid groups (broad SMARTS) is 1. The molecule has 2 heterocycles. The summed E-state index contributed by atoms with van der Waals surface area (Å²) in [5, 5.41) is 16.5. The smallest absolute Gasteiger partial charge is 0.308 e. The molecule has 1 aromatic heterocycles. The summed E-state index contributed by atoms with van der Waals surface area (Å²) in [6, 6.07) is 2.19. The lowest BCUT2D eigenvalue weighted by Gasteiger charge is -2.18. The van der Waals surface area contributed by atoms with Crippen molar-refractivity contribution in [3.05, 3.63) is 18.0 Å². The van der Waals surface area contributed by atoms with Gasteiger partial charge in [0.25, 0.3) is 0 Å². The predicted molar refractivity (Wildman–Crippen MR) is 59.3 cm³/mol. The zero-order chi connectivity index (χ0) is 11.7. The van der Waals surface area contributed by atoms with Crippen LogP contribution in [0.5, 0.6) is 0 Å². The molecule has 88 valence electrons. The van der Waals surface area contributed by atoms with Gasteiger partial charge in [0.1, 0.15) is 0 Å². The van der Waals surface area contributed by atoms with Crippen LogP contribution < -0.4 is 5.32 Å². The summed E-state index contributed by atoms with van der Waals surface area (Å²) in [4.78, 5) is 11.1. The molecule has 16 heavy (non-hydrogen) atoms. The van der Waals surface area contributed by atoms with E-state index in [4.69, 9.17) is 5.11 Å². The molecule has 1 saturated heterocycles. The van der Waals surface area contributed by atoms with Crippen molar-refractivity contribution in [2.45, 2.75) is 25.8 Å². The topological polar surface area (TPSA) is 67.2 Å². The van der Waals surface area contributed by atoms with Crippen LogP contribution in [0, 0.1) is 5.92 Å². The van der Waals surface area contributed by atoms with E-state index in [0.29, 0.717) is 6.54 Å². The van der Waals surface area contributed by atoms with Gasteiger partial charge in [-0.1, -0.05) is 0 Å². The molecule has 2 N–H and O–H groups in total. The quantitative estimate of drug-likeness (QED) is 0.797. The highest BCUT2D eigenvalue weighted by molar-refractivity contribution is 5.72. The van der Waals surface area contributed by atoms with Crippen molar-refractivity contribution in [1.29, 1.82) is 0 Å². The number of aromatic nitrogens is 2. The maximum Gasteiger partial charge on any atom is 0.308 e. The minimum absolute atomic E-state index is 0.0300. The predicted octanol–water partition coefficient (Wildman–Crippen LogP) is 0.852. The number of hydrogen-bond donors (Lipinski definition) is 2. The molecule has 5 heteroatoms. The zero-order valence-electron chi connectivity index (χ0n) is 9.55. The summed E-state index contributed by atoms with van der Waals surface area (Å²) in [6.07, 6.45) is 1.74. The highest BCUT2D eigenvalue weighted by atomic mass is 16.4. The summed E-state index contributed by atoms with van der Waals surface area (Å²) in [6.45, 7) is 5.36. The number of rotatable bonds is 3. The number of aliphatic carboxylic acids is 1. The highest BCUT2D eigenvalue weighted by Gasteiger charge is 2.35. The lowest BCUT2D eigenvalue weighted by Crippen LogP contribution is -2.23. The minimum Gasteiger partial charge on any atom is -0.481 e.